The number of anilines is 1. The van der Waals surface area contributed by atoms with Crippen LogP contribution in [0, 0.1) is 11.8 Å². The number of benzene rings is 1. The molecular formula is C20H25ClN2O5. The van der Waals surface area contributed by atoms with Crippen molar-refractivity contribution in [1.82, 2.24) is 4.90 Å². The fourth-order valence-electron chi connectivity index (χ4n) is 3.74. The van der Waals surface area contributed by atoms with Crippen LogP contribution in [0.25, 0.3) is 0 Å². The van der Waals surface area contributed by atoms with Gasteiger partial charge in [-0.25, -0.2) is 9.59 Å². The standard InChI is InChI=1S/C20H25ClN2O5/c1-20(2,3)28-19(26)22-8-7-14-12(10-22)11-23(17(14)24)13-5-6-15(16(21)9-13)18(25)27-4/h5-6,9,12,14H,7-8,10-11H2,1-4H3. The maximum absolute atomic E-state index is 12.9. The van der Waals surface area contributed by atoms with E-state index >= 15 is 0 Å². The molecule has 0 radical (unpaired) electrons. The van der Waals surface area contributed by atoms with Crippen LogP contribution in [0.5, 0.6) is 0 Å². The number of hydrogen-bond donors (Lipinski definition) is 0. The molecule has 0 bridgehead atoms. The third-order valence-corrected chi connectivity index (χ3v) is 5.37. The Hall–Kier alpha value is -2.28. The lowest BCUT2D eigenvalue weighted by Gasteiger charge is -2.34. The summed E-state index contributed by atoms with van der Waals surface area (Å²) in [5.41, 5.74) is 0.345. The summed E-state index contributed by atoms with van der Waals surface area (Å²) in [6, 6.07) is 4.86. The lowest BCUT2D eigenvalue weighted by molar-refractivity contribution is -0.122. The third-order valence-electron chi connectivity index (χ3n) is 5.06. The Kier molecular flexibility index (Phi) is 5.57. The average Bonchev–Trinajstić information content (AvgIpc) is 2.95. The zero-order valence-corrected chi connectivity index (χ0v) is 17.3. The van der Waals surface area contributed by atoms with E-state index in [1.54, 1.807) is 28.0 Å². The fourth-order valence-corrected chi connectivity index (χ4v) is 3.99. The second-order valence-electron chi connectivity index (χ2n) is 8.19. The van der Waals surface area contributed by atoms with E-state index in [1.165, 1.54) is 7.11 Å². The second kappa shape index (κ2) is 7.62. The van der Waals surface area contributed by atoms with E-state index in [1.807, 2.05) is 20.8 Å². The molecule has 3 rings (SSSR count). The Labute approximate surface area is 169 Å². The molecule has 7 nitrogen and oxygen atoms in total. The number of piperidine rings is 1. The quantitative estimate of drug-likeness (QED) is 0.701. The van der Waals surface area contributed by atoms with Crippen LogP contribution >= 0.6 is 11.6 Å². The molecule has 0 spiro atoms. The Morgan fingerprint density at radius 1 is 1.21 bits per heavy atom. The molecule has 2 unspecified atom stereocenters. The van der Waals surface area contributed by atoms with Crippen LogP contribution in [0.4, 0.5) is 10.5 Å². The first-order valence-electron chi connectivity index (χ1n) is 9.28. The van der Waals surface area contributed by atoms with Gasteiger partial charge in [-0.2, -0.15) is 0 Å². The first-order chi connectivity index (χ1) is 13.1. The second-order valence-corrected chi connectivity index (χ2v) is 8.59. The zero-order valence-electron chi connectivity index (χ0n) is 16.5. The minimum atomic E-state index is -0.552. The summed E-state index contributed by atoms with van der Waals surface area (Å²) >= 11 is 6.20. The Bertz CT molecular complexity index is 804. The summed E-state index contributed by atoms with van der Waals surface area (Å²) in [6.45, 7) is 6.98. The molecule has 2 amide bonds. The van der Waals surface area contributed by atoms with Crippen LogP contribution in [-0.4, -0.2) is 55.2 Å². The highest BCUT2D eigenvalue weighted by Crippen LogP contribution is 2.36. The van der Waals surface area contributed by atoms with E-state index in [9.17, 15) is 14.4 Å². The van der Waals surface area contributed by atoms with Crippen molar-refractivity contribution < 1.29 is 23.9 Å². The van der Waals surface area contributed by atoms with Gasteiger partial charge in [-0.05, 0) is 45.4 Å². The van der Waals surface area contributed by atoms with Crippen LogP contribution in [-0.2, 0) is 14.3 Å². The van der Waals surface area contributed by atoms with Crippen molar-refractivity contribution in [3.05, 3.63) is 28.8 Å². The molecule has 1 aromatic carbocycles. The number of esters is 1. The van der Waals surface area contributed by atoms with Crippen LogP contribution in [0.2, 0.25) is 5.02 Å². The number of fused-ring (bicyclic) bond motifs is 1. The molecular weight excluding hydrogens is 384 g/mol. The van der Waals surface area contributed by atoms with Crippen molar-refractivity contribution in [2.45, 2.75) is 32.8 Å². The summed E-state index contributed by atoms with van der Waals surface area (Å²) in [6.07, 6.45) is 0.259. The molecule has 8 heteroatoms. The Balaban J connectivity index is 1.73. The van der Waals surface area contributed by atoms with Crippen LogP contribution in [0.3, 0.4) is 0 Å². The highest BCUT2D eigenvalue weighted by atomic mass is 35.5. The normalized spacial score (nSPS) is 22.1. The first-order valence-corrected chi connectivity index (χ1v) is 9.65. The van der Waals surface area contributed by atoms with Crippen molar-refractivity contribution in [2.24, 2.45) is 11.8 Å². The van der Waals surface area contributed by atoms with Crippen LogP contribution in [0.15, 0.2) is 18.2 Å². The van der Waals surface area contributed by atoms with E-state index < -0.39 is 11.6 Å². The minimum absolute atomic E-state index is 0.0238. The highest BCUT2D eigenvalue weighted by Gasteiger charge is 2.45. The molecule has 2 aliphatic rings. The molecule has 2 heterocycles. The van der Waals surface area contributed by atoms with Gasteiger partial charge in [0.05, 0.1) is 17.7 Å². The molecule has 2 fully saturated rings. The number of carbonyl (C=O) groups is 3. The van der Waals surface area contributed by atoms with Crippen molar-refractivity contribution in [1.29, 1.82) is 0 Å². The predicted molar refractivity (Wildman–Crippen MR) is 105 cm³/mol. The molecule has 1 aromatic rings. The van der Waals surface area contributed by atoms with Crippen LogP contribution < -0.4 is 4.90 Å². The molecule has 0 aromatic heterocycles. The van der Waals surface area contributed by atoms with Gasteiger partial charge in [0, 0.05) is 37.2 Å². The largest absolute Gasteiger partial charge is 0.465 e. The number of ether oxygens (including phenoxy) is 2. The fraction of sp³-hybridized carbons (Fsp3) is 0.550. The smallest absolute Gasteiger partial charge is 0.410 e. The van der Waals surface area contributed by atoms with Gasteiger partial charge < -0.3 is 19.3 Å². The summed E-state index contributed by atoms with van der Waals surface area (Å²) in [5.74, 6) is -0.590. The van der Waals surface area contributed by atoms with Crippen molar-refractivity contribution >= 4 is 35.3 Å². The summed E-state index contributed by atoms with van der Waals surface area (Å²) in [4.78, 5) is 40.3. The minimum Gasteiger partial charge on any atom is -0.465 e. The zero-order chi connectivity index (χ0) is 20.6. The molecule has 0 aliphatic carbocycles. The first kappa shape index (κ1) is 20.5. The van der Waals surface area contributed by atoms with Gasteiger partial charge in [0.1, 0.15) is 5.60 Å². The maximum atomic E-state index is 12.9. The molecule has 28 heavy (non-hydrogen) atoms. The monoisotopic (exact) mass is 408 g/mol. The van der Waals surface area contributed by atoms with Gasteiger partial charge >= 0.3 is 12.1 Å². The number of likely N-dealkylation sites (tertiary alicyclic amines) is 1. The highest BCUT2D eigenvalue weighted by molar-refractivity contribution is 6.34. The molecule has 0 saturated carbocycles. The number of methoxy groups -OCH3 is 1. The number of nitrogens with zero attached hydrogens (tertiary/aromatic N) is 2. The van der Waals surface area contributed by atoms with Gasteiger partial charge in [0.25, 0.3) is 0 Å². The molecule has 2 saturated heterocycles. The van der Waals surface area contributed by atoms with Gasteiger partial charge in [0.15, 0.2) is 0 Å². The maximum Gasteiger partial charge on any atom is 0.410 e. The number of amides is 2. The van der Waals surface area contributed by atoms with Gasteiger partial charge in [-0.1, -0.05) is 11.6 Å². The average molecular weight is 409 g/mol. The van der Waals surface area contributed by atoms with Crippen molar-refractivity contribution in [3.63, 3.8) is 0 Å². The number of halogens is 1. The summed E-state index contributed by atoms with van der Waals surface area (Å²) in [5, 5.41) is 0.238. The van der Waals surface area contributed by atoms with E-state index in [4.69, 9.17) is 21.1 Å². The van der Waals surface area contributed by atoms with Gasteiger partial charge in [0.2, 0.25) is 5.91 Å². The molecule has 0 N–H and O–H groups in total. The van der Waals surface area contributed by atoms with E-state index in [0.29, 0.717) is 31.7 Å². The summed E-state index contributed by atoms with van der Waals surface area (Å²) < 4.78 is 10.1. The van der Waals surface area contributed by atoms with Crippen LogP contribution in [0.1, 0.15) is 37.6 Å². The van der Waals surface area contributed by atoms with Crippen molar-refractivity contribution in [2.75, 3.05) is 31.6 Å². The molecule has 2 aliphatic heterocycles. The lowest BCUT2D eigenvalue weighted by Crippen LogP contribution is -2.46. The predicted octanol–water partition coefficient (Wildman–Crippen LogP) is 3.35. The van der Waals surface area contributed by atoms with E-state index in [0.717, 1.165) is 0 Å². The lowest BCUT2D eigenvalue weighted by atomic mass is 9.88. The van der Waals surface area contributed by atoms with Gasteiger partial charge in [-0.3, -0.25) is 4.79 Å². The molecule has 2 atom stereocenters. The third kappa shape index (κ3) is 4.09. The summed E-state index contributed by atoms with van der Waals surface area (Å²) in [7, 11) is 1.29. The topological polar surface area (TPSA) is 76.2 Å². The van der Waals surface area contributed by atoms with Gasteiger partial charge in [-0.15, -0.1) is 0 Å². The Morgan fingerprint density at radius 3 is 2.54 bits per heavy atom. The van der Waals surface area contributed by atoms with E-state index in [2.05, 4.69) is 0 Å². The number of hydrogen-bond acceptors (Lipinski definition) is 5. The molecule has 152 valence electrons. The van der Waals surface area contributed by atoms with E-state index in [-0.39, 0.29) is 34.4 Å². The Morgan fingerprint density at radius 2 is 1.93 bits per heavy atom. The SMILES string of the molecule is COC(=O)c1ccc(N2CC3CN(C(=O)OC(C)(C)C)CCC3C2=O)cc1Cl. The van der Waals surface area contributed by atoms with Crippen molar-refractivity contribution in [3.8, 4) is 0 Å². The number of rotatable bonds is 2. The number of carbonyl (C=O) groups excluding carboxylic acids is 3.